The number of para-hydroxylation sites is 3. The van der Waals surface area contributed by atoms with Crippen LogP contribution >= 0.6 is 0 Å². The summed E-state index contributed by atoms with van der Waals surface area (Å²) in [5.74, 6) is 0.316. The predicted molar refractivity (Wildman–Crippen MR) is 94.6 cm³/mol. The maximum atomic E-state index is 12.2. The zero-order chi connectivity index (χ0) is 17.9. The molecule has 1 aromatic heterocycles. The van der Waals surface area contributed by atoms with Crippen LogP contribution in [0.4, 0.5) is 0 Å². The molecule has 0 unspecified atom stereocenters. The molecule has 0 spiro atoms. The van der Waals surface area contributed by atoms with Gasteiger partial charge in [0, 0.05) is 17.1 Å². The lowest BCUT2D eigenvalue weighted by molar-refractivity contribution is -0.134. The molecule has 0 bridgehead atoms. The van der Waals surface area contributed by atoms with Gasteiger partial charge in [-0.15, -0.1) is 0 Å². The summed E-state index contributed by atoms with van der Waals surface area (Å²) in [5, 5.41) is 0.981. The Morgan fingerprint density at radius 1 is 1.04 bits per heavy atom. The summed E-state index contributed by atoms with van der Waals surface area (Å²) in [5.41, 5.74) is 6.63. The maximum absolute atomic E-state index is 12.2. The van der Waals surface area contributed by atoms with Gasteiger partial charge in [-0.25, -0.2) is 0 Å². The number of rotatable bonds is 3. The van der Waals surface area contributed by atoms with Crippen LogP contribution in [-0.4, -0.2) is 29.5 Å². The van der Waals surface area contributed by atoms with E-state index in [1.807, 2.05) is 30.3 Å². The van der Waals surface area contributed by atoms with Crippen LogP contribution in [-0.2, 0) is 16.0 Å². The predicted octanol–water partition coefficient (Wildman–Crippen LogP) is 1.70. The quantitative estimate of drug-likeness (QED) is 0.626. The highest BCUT2D eigenvalue weighted by molar-refractivity contribution is 5.90. The Labute approximate surface area is 149 Å². The standard InChI is InChI=1S/C19H17N3O4/c23-18(9-12-10-20-14-6-2-1-5-13(12)14)21-22-19(24)17-11-25-15-7-3-4-8-16(15)26-17/h1-8,10,17,20H,9,11H2,(H,21,23)(H,22,24)/t17-/m1/s1. The Morgan fingerprint density at radius 2 is 1.81 bits per heavy atom. The van der Waals surface area contributed by atoms with Crippen molar-refractivity contribution in [3.63, 3.8) is 0 Å². The summed E-state index contributed by atoms with van der Waals surface area (Å²) < 4.78 is 11.1. The third-order valence-electron chi connectivity index (χ3n) is 4.15. The third-order valence-corrected chi connectivity index (χ3v) is 4.15. The minimum absolute atomic E-state index is 0.0845. The molecule has 7 heteroatoms. The van der Waals surface area contributed by atoms with Gasteiger partial charge in [-0.1, -0.05) is 30.3 Å². The normalized spacial score (nSPS) is 15.5. The summed E-state index contributed by atoms with van der Waals surface area (Å²) in [6.07, 6.45) is 1.12. The van der Waals surface area contributed by atoms with Gasteiger partial charge in [0.15, 0.2) is 11.5 Å². The molecule has 0 fully saturated rings. The number of hydrogen-bond acceptors (Lipinski definition) is 4. The molecule has 2 heterocycles. The number of aromatic nitrogens is 1. The first-order valence-corrected chi connectivity index (χ1v) is 8.23. The van der Waals surface area contributed by atoms with E-state index in [9.17, 15) is 9.59 Å². The van der Waals surface area contributed by atoms with Gasteiger partial charge in [-0.3, -0.25) is 20.4 Å². The van der Waals surface area contributed by atoms with Crippen molar-refractivity contribution in [2.45, 2.75) is 12.5 Å². The average Bonchev–Trinajstić information content (AvgIpc) is 3.08. The van der Waals surface area contributed by atoms with Gasteiger partial charge in [-0.2, -0.15) is 0 Å². The monoisotopic (exact) mass is 351 g/mol. The molecule has 1 aliphatic heterocycles. The number of carbonyl (C=O) groups is 2. The first-order chi connectivity index (χ1) is 12.7. The van der Waals surface area contributed by atoms with E-state index in [-0.39, 0.29) is 18.9 Å². The highest BCUT2D eigenvalue weighted by Gasteiger charge is 2.27. The number of nitrogens with one attached hydrogen (secondary N) is 3. The van der Waals surface area contributed by atoms with Crippen molar-refractivity contribution in [2.24, 2.45) is 0 Å². The van der Waals surface area contributed by atoms with Crippen LogP contribution < -0.4 is 20.3 Å². The number of fused-ring (bicyclic) bond motifs is 2. The van der Waals surface area contributed by atoms with Crippen LogP contribution in [0.5, 0.6) is 11.5 Å². The molecule has 4 rings (SSSR count). The molecule has 0 aliphatic carbocycles. The van der Waals surface area contributed by atoms with Crippen molar-refractivity contribution in [3.8, 4) is 11.5 Å². The highest BCUT2D eigenvalue weighted by Crippen LogP contribution is 2.30. The third kappa shape index (κ3) is 3.19. The zero-order valence-corrected chi connectivity index (χ0v) is 13.8. The van der Waals surface area contributed by atoms with E-state index in [0.29, 0.717) is 11.5 Å². The zero-order valence-electron chi connectivity index (χ0n) is 13.8. The average molecular weight is 351 g/mol. The van der Waals surface area contributed by atoms with E-state index in [0.717, 1.165) is 16.5 Å². The molecule has 3 aromatic rings. The summed E-state index contributed by atoms with van der Waals surface area (Å²) in [6, 6.07) is 14.8. The molecular weight excluding hydrogens is 334 g/mol. The first kappa shape index (κ1) is 16.0. The van der Waals surface area contributed by atoms with Crippen molar-refractivity contribution in [1.29, 1.82) is 0 Å². The number of aromatic amines is 1. The molecule has 0 radical (unpaired) electrons. The van der Waals surface area contributed by atoms with Gasteiger partial charge in [0.1, 0.15) is 6.61 Å². The second-order valence-corrected chi connectivity index (χ2v) is 5.94. The van der Waals surface area contributed by atoms with E-state index in [2.05, 4.69) is 15.8 Å². The molecule has 1 aliphatic rings. The van der Waals surface area contributed by atoms with Crippen molar-refractivity contribution < 1.29 is 19.1 Å². The number of benzene rings is 2. The minimum Gasteiger partial charge on any atom is -0.485 e. The molecular formula is C19H17N3O4. The Bertz CT molecular complexity index is 966. The molecule has 0 saturated carbocycles. The van der Waals surface area contributed by atoms with E-state index in [4.69, 9.17) is 9.47 Å². The summed E-state index contributed by atoms with van der Waals surface area (Å²) in [6.45, 7) is 0.0845. The summed E-state index contributed by atoms with van der Waals surface area (Å²) in [7, 11) is 0. The number of carbonyl (C=O) groups excluding carboxylic acids is 2. The first-order valence-electron chi connectivity index (χ1n) is 8.23. The van der Waals surface area contributed by atoms with Gasteiger partial charge < -0.3 is 14.5 Å². The lowest BCUT2D eigenvalue weighted by atomic mass is 10.1. The smallest absolute Gasteiger partial charge is 0.283 e. The van der Waals surface area contributed by atoms with Crippen LogP contribution in [0.25, 0.3) is 10.9 Å². The fourth-order valence-corrected chi connectivity index (χ4v) is 2.86. The fourth-order valence-electron chi connectivity index (χ4n) is 2.86. The van der Waals surface area contributed by atoms with Gasteiger partial charge in [0.25, 0.3) is 5.91 Å². The molecule has 26 heavy (non-hydrogen) atoms. The number of hydrogen-bond donors (Lipinski definition) is 3. The SMILES string of the molecule is O=C(Cc1c[nH]c2ccccc12)NNC(=O)[C@H]1COc2ccccc2O1. The molecule has 132 valence electrons. The van der Waals surface area contributed by atoms with Gasteiger partial charge >= 0.3 is 0 Å². The Morgan fingerprint density at radius 3 is 2.69 bits per heavy atom. The van der Waals surface area contributed by atoms with E-state index >= 15 is 0 Å². The van der Waals surface area contributed by atoms with Gasteiger partial charge in [0.2, 0.25) is 12.0 Å². The van der Waals surface area contributed by atoms with Crippen molar-refractivity contribution >= 4 is 22.7 Å². The topological polar surface area (TPSA) is 92.5 Å². The van der Waals surface area contributed by atoms with Crippen LogP contribution in [0.2, 0.25) is 0 Å². The number of amides is 2. The Kier molecular flexibility index (Phi) is 4.18. The molecule has 1 atom stereocenters. The maximum Gasteiger partial charge on any atom is 0.283 e. The minimum atomic E-state index is -0.821. The second kappa shape index (κ2) is 6.79. The molecule has 3 N–H and O–H groups in total. The van der Waals surface area contributed by atoms with Crippen LogP contribution in [0.3, 0.4) is 0 Å². The summed E-state index contributed by atoms with van der Waals surface area (Å²) >= 11 is 0. The summed E-state index contributed by atoms with van der Waals surface area (Å²) in [4.78, 5) is 27.4. The second-order valence-electron chi connectivity index (χ2n) is 5.94. The van der Waals surface area contributed by atoms with Crippen molar-refractivity contribution in [1.82, 2.24) is 15.8 Å². The van der Waals surface area contributed by atoms with Crippen molar-refractivity contribution in [2.75, 3.05) is 6.61 Å². The highest BCUT2D eigenvalue weighted by atomic mass is 16.6. The van der Waals surface area contributed by atoms with E-state index in [1.165, 1.54) is 0 Å². The molecule has 2 aromatic carbocycles. The number of ether oxygens (including phenoxy) is 2. The fraction of sp³-hybridized carbons (Fsp3) is 0.158. The molecule has 2 amide bonds. The lowest BCUT2D eigenvalue weighted by Crippen LogP contribution is -2.51. The van der Waals surface area contributed by atoms with Crippen LogP contribution in [0, 0.1) is 0 Å². The number of H-pyrrole nitrogens is 1. The van der Waals surface area contributed by atoms with E-state index < -0.39 is 12.0 Å². The van der Waals surface area contributed by atoms with Crippen LogP contribution in [0.15, 0.2) is 54.7 Å². The molecule has 0 saturated heterocycles. The van der Waals surface area contributed by atoms with Gasteiger partial charge in [-0.05, 0) is 23.8 Å². The van der Waals surface area contributed by atoms with Crippen molar-refractivity contribution in [3.05, 3.63) is 60.3 Å². The Balaban J connectivity index is 1.32. The van der Waals surface area contributed by atoms with E-state index in [1.54, 1.807) is 24.4 Å². The largest absolute Gasteiger partial charge is 0.485 e. The van der Waals surface area contributed by atoms with Gasteiger partial charge in [0.05, 0.1) is 6.42 Å². The Hall–Kier alpha value is -3.48. The lowest BCUT2D eigenvalue weighted by Gasteiger charge is -2.25. The number of hydrazine groups is 1. The molecule has 7 nitrogen and oxygen atoms in total. The van der Waals surface area contributed by atoms with Crippen LogP contribution in [0.1, 0.15) is 5.56 Å².